The lowest BCUT2D eigenvalue weighted by Gasteiger charge is -2.11. The van der Waals surface area contributed by atoms with Crippen LogP contribution in [0.15, 0.2) is 53.3 Å². The zero-order chi connectivity index (χ0) is 16.2. The topological polar surface area (TPSA) is 70.7 Å². The second-order valence-electron chi connectivity index (χ2n) is 5.50. The predicted octanol–water partition coefficient (Wildman–Crippen LogP) is 3.12. The number of anilines is 2. The molecule has 3 rings (SSSR count). The van der Waals surface area contributed by atoms with Crippen molar-refractivity contribution in [2.75, 3.05) is 5.32 Å². The molecule has 5 heteroatoms. The van der Waals surface area contributed by atoms with E-state index in [2.05, 4.69) is 20.5 Å². The summed E-state index contributed by atoms with van der Waals surface area (Å²) in [5.74, 6) is 0.351. The lowest BCUT2D eigenvalue weighted by atomic mass is 10.1. The molecule has 1 aromatic heterocycles. The highest BCUT2D eigenvalue weighted by molar-refractivity contribution is 5.62. The summed E-state index contributed by atoms with van der Waals surface area (Å²) in [5.41, 5.74) is 4.32. The molecule has 0 saturated heterocycles. The van der Waals surface area contributed by atoms with Crippen molar-refractivity contribution in [1.29, 1.82) is 0 Å². The van der Waals surface area contributed by atoms with E-state index in [9.17, 15) is 4.79 Å². The largest absolute Gasteiger partial charge is 0.324 e. The first kappa shape index (κ1) is 15.0. The number of hydrogen-bond donors (Lipinski definition) is 2. The first-order valence-corrected chi connectivity index (χ1v) is 7.46. The zero-order valence-electron chi connectivity index (χ0n) is 13.1. The highest BCUT2D eigenvalue weighted by Crippen LogP contribution is 2.21. The van der Waals surface area contributed by atoms with E-state index < -0.39 is 0 Å². The van der Waals surface area contributed by atoms with Crippen molar-refractivity contribution in [2.24, 2.45) is 0 Å². The summed E-state index contributed by atoms with van der Waals surface area (Å²) in [7, 11) is 0. The molecule has 0 unspecified atom stereocenters. The summed E-state index contributed by atoms with van der Waals surface area (Å²) in [6.07, 6.45) is 0.465. The Balaban J connectivity index is 1.84. The normalized spacial score (nSPS) is 10.5. The van der Waals surface area contributed by atoms with Crippen LogP contribution < -0.4 is 10.9 Å². The van der Waals surface area contributed by atoms with Crippen LogP contribution in [0.25, 0.3) is 0 Å². The van der Waals surface area contributed by atoms with E-state index in [4.69, 9.17) is 0 Å². The minimum absolute atomic E-state index is 0.224. The van der Waals surface area contributed by atoms with Gasteiger partial charge in [-0.2, -0.15) is 0 Å². The Bertz CT molecular complexity index is 851. The molecule has 0 aliphatic carbocycles. The minimum Gasteiger partial charge on any atom is -0.324 e. The fraction of sp³-hybridized carbons (Fsp3) is 0.167. The van der Waals surface area contributed by atoms with Gasteiger partial charge in [0.15, 0.2) is 0 Å². The van der Waals surface area contributed by atoms with Gasteiger partial charge in [0.25, 0.3) is 5.56 Å². The Hall–Kier alpha value is -2.95. The van der Waals surface area contributed by atoms with Crippen LogP contribution in [0.3, 0.4) is 0 Å². The third kappa shape index (κ3) is 3.45. The van der Waals surface area contributed by atoms with Gasteiger partial charge in [-0.3, -0.25) is 9.78 Å². The Morgan fingerprint density at radius 1 is 0.957 bits per heavy atom. The SMILES string of the molecule is Cc1cccc(C)c1Nc1nnc(Cc2ccccc2)c(=O)[nH]1. The number of nitrogens with one attached hydrogen (secondary N) is 2. The van der Waals surface area contributed by atoms with E-state index in [0.717, 1.165) is 22.4 Å². The molecule has 5 nitrogen and oxygen atoms in total. The second-order valence-corrected chi connectivity index (χ2v) is 5.50. The maximum Gasteiger partial charge on any atom is 0.274 e. The van der Waals surface area contributed by atoms with Crippen LogP contribution in [0.5, 0.6) is 0 Å². The molecule has 0 spiro atoms. The standard InChI is InChI=1S/C18H18N4O/c1-12-7-6-8-13(2)16(12)19-18-20-17(23)15(21-22-18)11-14-9-4-3-5-10-14/h3-10H,11H2,1-2H3,(H2,19,20,22,23). The van der Waals surface area contributed by atoms with Crippen LogP contribution in [0, 0.1) is 13.8 Å². The first-order chi connectivity index (χ1) is 11.1. The van der Waals surface area contributed by atoms with Crippen molar-refractivity contribution in [3.8, 4) is 0 Å². The number of H-pyrrole nitrogens is 1. The van der Waals surface area contributed by atoms with Crippen LogP contribution in [0.1, 0.15) is 22.4 Å². The van der Waals surface area contributed by atoms with Gasteiger partial charge >= 0.3 is 0 Å². The monoisotopic (exact) mass is 306 g/mol. The molecule has 0 bridgehead atoms. The Kier molecular flexibility index (Phi) is 4.19. The van der Waals surface area contributed by atoms with Gasteiger partial charge in [-0.25, -0.2) is 0 Å². The quantitative estimate of drug-likeness (QED) is 0.777. The lowest BCUT2D eigenvalue weighted by molar-refractivity contribution is 0.873. The molecule has 2 aromatic carbocycles. The molecule has 116 valence electrons. The van der Waals surface area contributed by atoms with Gasteiger partial charge in [-0.15, -0.1) is 10.2 Å². The van der Waals surface area contributed by atoms with Crippen LogP contribution in [0.4, 0.5) is 11.6 Å². The molecule has 3 aromatic rings. The molecule has 0 saturated carbocycles. The molecule has 0 aliphatic heterocycles. The van der Waals surface area contributed by atoms with E-state index >= 15 is 0 Å². The summed E-state index contributed by atoms with van der Waals surface area (Å²) < 4.78 is 0. The summed E-state index contributed by atoms with van der Waals surface area (Å²) in [4.78, 5) is 15.0. The molecule has 0 aliphatic rings. The maximum absolute atomic E-state index is 12.2. The van der Waals surface area contributed by atoms with Crippen molar-refractivity contribution >= 4 is 11.6 Å². The highest BCUT2D eigenvalue weighted by Gasteiger charge is 2.08. The summed E-state index contributed by atoms with van der Waals surface area (Å²) in [5, 5.41) is 11.3. The van der Waals surface area contributed by atoms with E-state index in [1.807, 2.05) is 62.4 Å². The fourth-order valence-corrected chi connectivity index (χ4v) is 2.45. The minimum atomic E-state index is -0.224. The third-order valence-corrected chi connectivity index (χ3v) is 3.70. The number of aromatic nitrogens is 3. The average Bonchev–Trinajstić information content (AvgIpc) is 2.55. The van der Waals surface area contributed by atoms with Crippen molar-refractivity contribution in [2.45, 2.75) is 20.3 Å². The summed E-state index contributed by atoms with van der Waals surface area (Å²) in [6, 6.07) is 15.7. The number of hydrogen-bond acceptors (Lipinski definition) is 4. The average molecular weight is 306 g/mol. The van der Waals surface area contributed by atoms with Crippen molar-refractivity contribution in [3.63, 3.8) is 0 Å². The van der Waals surface area contributed by atoms with Gasteiger partial charge in [0.2, 0.25) is 5.95 Å². The predicted molar refractivity (Wildman–Crippen MR) is 91.1 cm³/mol. The molecule has 23 heavy (non-hydrogen) atoms. The Morgan fingerprint density at radius 3 is 2.30 bits per heavy atom. The lowest BCUT2D eigenvalue weighted by Crippen LogP contribution is -2.19. The fourth-order valence-electron chi connectivity index (χ4n) is 2.45. The van der Waals surface area contributed by atoms with Gasteiger partial charge in [0, 0.05) is 12.1 Å². The molecule has 0 fully saturated rings. The van der Waals surface area contributed by atoms with Crippen LogP contribution >= 0.6 is 0 Å². The summed E-state index contributed by atoms with van der Waals surface area (Å²) >= 11 is 0. The van der Waals surface area contributed by atoms with E-state index in [1.54, 1.807) is 0 Å². The molecule has 1 heterocycles. The second kappa shape index (κ2) is 6.44. The highest BCUT2D eigenvalue weighted by atomic mass is 16.1. The molecule has 0 atom stereocenters. The van der Waals surface area contributed by atoms with Gasteiger partial charge in [-0.05, 0) is 30.5 Å². The zero-order valence-corrected chi connectivity index (χ0v) is 13.1. The molecule has 2 N–H and O–H groups in total. The smallest absolute Gasteiger partial charge is 0.274 e. The van der Waals surface area contributed by atoms with Crippen LogP contribution in [-0.2, 0) is 6.42 Å². The van der Waals surface area contributed by atoms with Gasteiger partial charge in [-0.1, -0.05) is 48.5 Å². The number of aromatic amines is 1. The van der Waals surface area contributed by atoms with E-state index in [-0.39, 0.29) is 5.56 Å². The Labute approximate surface area is 134 Å². The van der Waals surface area contributed by atoms with Crippen LogP contribution in [0.2, 0.25) is 0 Å². The van der Waals surface area contributed by atoms with Gasteiger partial charge in [0.05, 0.1) is 0 Å². The number of aryl methyl sites for hydroxylation is 2. The number of benzene rings is 2. The van der Waals surface area contributed by atoms with E-state index in [0.29, 0.717) is 18.1 Å². The third-order valence-electron chi connectivity index (χ3n) is 3.70. The van der Waals surface area contributed by atoms with Gasteiger partial charge < -0.3 is 5.32 Å². The maximum atomic E-state index is 12.2. The van der Waals surface area contributed by atoms with Crippen molar-refractivity contribution in [1.82, 2.24) is 15.2 Å². The van der Waals surface area contributed by atoms with Crippen molar-refractivity contribution < 1.29 is 0 Å². The van der Waals surface area contributed by atoms with Gasteiger partial charge in [0.1, 0.15) is 5.69 Å². The number of nitrogens with zero attached hydrogens (tertiary/aromatic N) is 2. The number of para-hydroxylation sites is 1. The number of rotatable bonds is 4. The summed E-state index contributed by atoms with van der Waals surface area (Å²) in [6.45, 7) is 4.01. The molecular formula is C18H18N4O. The van der Waals surface area contributed by atoms with E-state index in [1.165, 1.54) is 0 Å². The molecule has 0 radical (unpaired) electrons. The molecule has 0 amide bonds. The van der Waals surface area contributed by atoms with Crippen LogP contribution in [-0.4, -0.2) is 15.2 Å². The Morgan fingerprint density at radius 2 is 1.65 bits per heavy atom. The first-order valence-electron chi connectivity index (χ1n) is 7.46. The molecular weight excluding hydrogens is 288 g/mol. The van der Waals surface area contributed by atoms with Crippen molar-refractivity contribution in [3.05, 3.63) is 81.3 Å².